The minimum absolute atomic E-state index is 0.00131. The summed E-state index contributed by atoms with van der Waals surface area (Å²) < 4.78 is 5.76. The van der Waals surface area contributed by atoms with Gasteiger partial charge in [-0.05, 0) is 25.8 Å². The Bertz CT molecular complexity index is 1230. The highest BCUT2D eigenvalue weighted by Crippen LogP contribution is 2.32. The highest BCUT2D eigenvalue weighted by molar-refractivity contribution is 6.06. The third kappa shape index (κ3) is 4.62. The van der Waals surface area contributed by atoms with Crippen molar-refractivity contribution in [2.75, 3.05) is 18.5 Å². The molecule has 1 amide bonds. The van der Waals surface area contributed by atoms with E-state index >= 15 is 0 Å². The largest absolute Gasteiger partial charge is 0.455 e. The SMILES string of the molecule is Cc1c(C(=O)N(CC#N)CC#N)oc2c1/C(=N/Nc1ccc([N+](=O)[O-])cc1[N+](=O)[O-])CCC2. The van der Waals surface area contributed by atoms with Gasteiger partial charge in [0.05, 0.1) is 33.8 Å². The van der Waals surface area contributed by atoms with Gasteiger partial charge in [-0.1, -0.05) is 0 Å². The van der Waals surface area contributed by atoms with Crippen LogP contribution in [0.1, 0.15) is 40.3 Å². The molecule has 0 atom stereocenters. The summed E-state index contributed by atoms with van der Waals surface area (Å²) in [6, 6.07) is 6.84. The Hall–Kier alpha value is -4.78. The first-order valence-electron chi connectivity index (χ1n) is 9.69. The maximum atomic E-state index is 12.8. The zero-order valence-corrected chi connectivity index (χ0v) is 17.4. The highest BCUT2D eigenvalue weighted by Gasteiger charge is 2.30. The number of benzene rings is 1. The van der Waals surface area contributed by atoms with Gasteiger partial charge in [0, 0.05) is 23.6 Å². The van der Waals surface area contributed by atoms with Crippen LogP contribution < -0.4 is 5.43 Å². The van der Waals surface area contributed by atoms with E-state index < -0.39 is 27.1 Å². The number of fused-ring (bicyclic) bond motifs is 1. The molecule has 168 valence electrons. The Kier molecular flexibility index (Phi) is 6.64. The number of nitro groups is 2. The second-order valence-corrected chi connectivity index (χ2v) is 7.07. The lowest BCUT2D eigenvalue weighted by Crippen LogP contribution is -2.32. The van der Waals surface area contributed by atoms with Crippen LogP contribution in [0.25, 0.3) is 0 Å². The lowest BCUT2D eigenvalue weighted by atomic mass is 9.93. The third-order valence-electron chi connectivity index (χ3n) is 5.03. The Balaban J connectivity index is 1.96. The fourth-order valence-electron chi connectivity index (χ4n) is 3.50. The fraction of sp³-hybridized carbons (Fsp3) is 0.300. The van der Waals surface area contributed by atoms with Gasteiger partial charge in [-0.25, -0.2) is 0 Å². The highest BCUT2D eigenvalue weighted by atomic mass is 16.6. The van der Waals surface area contributed by atoms with E-state index in [4.69, 9.17) is 14.9 Å². The number of amides is 1. The van der Waals surface area contributed by atoms with Gasteiger partial charge in [-0.3, -0.25) is 30.4 Å². The number of anilines is 1. The number of hydrogen-bond acceptors (Lipinski definition) is 10. The van der Waals surface area contributed by atoms with Crippen LogP contribution in [-0.4, -0.2) is 39.5 Å². The molecular formula is C20H17N7O6. The van der Waals surface area contributed by atoms with Crippen LogP contribution >= 0.6 is 0 Å². The number of carbonyl (C=O) groups excluding carboxylic acids is 1. The Morgan fingerprint density at radius 3 is 2.52 bits per heavy atom. The Labute approximate surface area is 186 Å². The summed E-state index contributed by atoms with van der Waals surface area (Å²) in [5.74, 6) is -0.0838. The molecular weight excluding hydrogens is 434 g/mol. The normalized spacial score (nSPS) is 13.5. The molecule has 1 aromatic carbocycles. The number of nitro benzene ring substituents is 2. The number of carbonyl (C=O) groups is 1. The van der Waals surface area contributed by atoms with Gasteiger partial charge >= 0.3 is 5.69 Å². The van der Waals surface area contributed by atoms with Crippen LogP contribution in [0.2, 0.25) is 0 Å². The van der Waals surface area contributed by atoms with Gasteiger partial charge in [-0.15, -0.1) is 0 Å². The molecule has 0 saturated carbocycles. The Morgan fingerprint density at radius 2 is 1.91 bits per heavy atom. The number of nitrogens with one attached hydrogen (secondary N) is 1. The van der Waals surface area contributed by atoms with Crippen molar-refractivity contribution >= 4 is 28.7 Å². The summed E-state index contributed by atoms with van der Waals surface area (Å²) in [7, 11) is 0. The molecule has 13 nitrogen and oxygen atoms in total. The smallest absolute Gasteiger partial charge is 0.301 e. The Morgan fingerprint density at radius 1 is 1.21 bits per heavy atom. The van der Waals surface area contributed by atoms with Crippen LogP contribution in [0.4, 0.5) is 17.1 Å². The number of hydrogen-bond donors (Lipinski definition) is 1. The third-order valence-corrected chi connectivity index (χ3v) is 5.03. The summed E-state index contributed by atoms with van der Waals surface area (Å²) in [5, 5.41) is 44.4. The molecule has 0 spiro atoms. The average molecular weight is 451 g/mol. The van der Waals surface area contributed by atoms with E-state index in [-0.39, 0.29) is 24.5 Å². The van der Waals surface area contributed by atoms with Crippen molar-refractivity contribution in [3.05, 3.63) is 61.1 Å². The predicted octanol–water partition coefficient (Wildman–Crippen LogP) is 3.05. The molecule has 0 fully saturated rings. The maximum absolute atomic E-state index is 12.8. The first kappa shape index (κ1) is 22.9. The van der Waals surface area contributed by atoms with Gasteiger partial charge in [0.15, 0.2) is 5.76 Å². The summed E-state index contributed by atoms with van der Waals surface area (Å²) in [4.78, 5) is 34.6. The molecule has 0 bridgehead atoms. The van der Waals surface area contributed by atoms with Crippen molar-refractivity contribution < 1.29 is 19.1 Å². The maximum Gasteiger partial charge on any atom is 0.301 e. The van der Waals surface area contributed by atoms with Crippen molar-refractivity contribution in [3.63, 3.8) is 0 Å². The van der Waals surface area contributed by atoms with Crippen LogP contribution in [0.15, 0.2) is 27.7 Å². The van der Waals surface area contributed by atoms with Crippen molar-refractivity contribution in [2.24, 2.45) is 5.10 Å². The fourth-order valence-corrected chi connectivity index (χ4v) is 3.50. The van der Waals surface area contributed by atoms with E-state index in [0.717, 1.165) is 17.0 Å². The van der Waals surface area contributed by atoms with Crippen LogP contribution in [0, 0.1) is 49.8 Å². The molecule has 0 unspecified atom stereocenters. The van der Waals surface area contributed by atoms with Gasteiger partial charge in [0.25, 0.3) is 11.6 Å². The molecule has 2 aromatic rings. The molecule has 1 N–H and O–H groups in total. The molecule has 1 aliphatic carbocycles. The number of hydrazone groups is 1. The molecule has 1 heterocycles. The topological polar surface area (TPSA) is 192 Å². The first-order chi connectivity index (χ1) is 15.8. The second-order valence-electron chi connectivity index (χ2n) is 7.07. The summed E-state index contributed by atoms with van der Waals surface area (Å²) >= 11 is 0. The molecule has 0 saturated heterocycles. The zero-order chi connectivity index (χ0) is 24.1. The molecule has 3 rings (SSSR count). The lowest BCUT2D eigenvalue weighted by Gasteiger charge is -2.14. The average Bonchev–Trinajstić information content (AvgIpc) is 3.13. The summed E-state index contributed by atoms with van der Waals surface area (Å²) in [6.45, 7) is 1.11. The minimum Gasteiger partial charge on any atom is -0.455 e. The van der Waals surface area contributed by atoms with E-state index in [9.17, 15) is 25.0 Å². The van der Waals surface area contributed by atoms with E-state index in [2.05, 4.69) is 10.5 Å². The molecule has 0 aliphatic heterocycles. The number of nitrogens with zero attached hydrogens (tertiary/aromatic N) is 6. The van der Waals surface area contributed by atoms with Gasteiger partial charge in [0.1, 0.15) is 24.5 Å². The second kappa shape index (κ2) is 9.57. The standard InChI is InChI=1S/C20H17N7O6/c1-12-18-15(24-23-14-6-5-13(26(29)30)11-16(14)27(31)32)3-2-4-17(18)33-19(12)20(28)25(9-7-21)10-8-22/h5-6,11,23H,2-4,9-10H2,1H3/b24-15+. The van der Waals surface area contributed by atoms with Crippen molar-refractivity contribution in [1.29, 1.82) is 10.5 Å². The molecule has 0 radical (unpaired) electrons. The molecule has 1 aliphatic rings. The van der Waals surface area contributed by atoms with Crippen LogP contribution in [-0.2, 0) is 6.42 Å². The lowest BCUT2D eigenvalue weighted by molar-refractivity contribution is -0.393. The molecule has 1 aromatic heterocycles. The van der Waals surface area contributed by atoms with Crippen LogP contribution in [0.5, 0.6) is 0 Å². The first-order valence-corrected chi connectivity index (χ1v) is 9.69. The van der Waals surface area contributed by atoms with E-state index in [1.54, 1.807) is 6.92 Å². The summed E-state index contributed by atoms with van der Waals surface area (Å²) in [6.07, 6.45) is 1.68. The number of nitriles is 2. The van der Waals surface area contributed by atoms with Crippen molar-refractivity contribution in [2.45, 2.75) is 26.2 Å². The van der Waals surface area contributed by atoms with Gasteiger partial charge in [-0.2, -0.15) is 15.6 Å². The van der Waals surface area contributed by atoms with Gasteiger partial charge in [0.2, 0.25) is 0 Å². The quantitative estimate of drug-likeness (QED) is 0.374. The number of aryl methyl sites for hydroxylation is 1. The number of rotatable bonds is 7. The van der Waals surface area contributed by atoms with Crippen molar-refractivity contribution in [3.8, 4) is 12.1 Å². The predicted molar refractivity (Wildman–Crippen MR) is 113 cm³/mol. The van der Waals surface area contributed by atoms with E-state index in [0.29, 0.717) is 41.9 Å². The van der Waals surface area contributed by atoms with E-state index in [1.165, 1.54) is 6.07 Å². The van der Waals surface area contributed by atoms with Crippen molar-refractivity contribution in [1.82, 2.24) is 4.90 Å². The molecule has 33 heavy (non-hydrogen) atoms. The number of furan rings is 1. The van der Waals surface area contributed by atoms with Crippen LogP contribution in [0.3, 0.4) is 0 Å². The monoisotopic (exact) mass is 451 g/mol. The zero-order valence-electron chi connectivity index (χ0n) is 17.4. The van der Waals surface area contributed by atoms with Gasteiger partial charge < -0.3 is 9.32 Å². The number of non-ortho nitro benzene ring substituents is 1. The minimum atomic E-state index is -0.749. The van der Waals surface area contributed by atoms with E-state index in [1.807, 2.05) is 12.1 Å². The summed E-state index contributed by atoms with van der Waals surface area (Å²) in [5.41, 5.74) is 3.20. The molecule has 13 heteroatoms.